The van der Waals surface area contributed by atoms with Crippen LogP contribution in [0.4, 0.5) is 13.2 Å². The third-order valence-corrected chi connectivity index (χ3v) is 4.86. The summed E-state index contributed by atoms with van der Waals surface area (Å²) in [6.45, 7) is 7.73. The van der Waals surface area contributed by atoms with Crippen LogP contribution in [0.25, 0.3) is 0 Å². The molecule has 0 saturated carbocycles. The number of hydrogen-bond acceptors (Lipinski definition) is 7. The van der Waals surface area contributed by atoms with Crippen molar-refractivity contribution in [2.45, 2.75) is 70.0 Å². The molecule has 0 aromatic carbocycles. The van der Waals surface area contributed by atoms with Gasteiger partial charge in [-0.2, -0.15) is 13.2 Å². The first-order valence-electron chi connectivity index (χ1n) is 10.7. The van der Waals surface area contributed by atoms with Crippen LogP contribution in [-0.4, -0.2) is 85.6 Å². The highest BCUT2D eigenvalue weighted by molar-refractivity contribution is 6.45. The van der Waals surface area contributed by atoms with Gasteiger partial charge in [0.05, 0.1) is 6.04 Å². The van der Waals surface area contributed by atoms with Crippen molar-refractivity contribution in [3.8, 4) is 0 Å². The number of carboxylic acids is 1. The van der Waals surface area contributed by atoms with Crippen LogP contribution in [0.2, 0.25) is 6.82 Å². The van der Waals surface area contributed by atoms with E-state index in [9.17, 15) is 13.2 Å². The first-order chi connectivity index (χ1) is 14.1. The van der Waals surface area contributed by atoms with Crippen molar-refractivity contribution in [2.75, 3.05) is 39.3 Å². The molecular weight excluding hydrogens is 404 g/mol. The van der Waals surface area contributed by atoms with E-state index in [-0.39, 0.29) is 7.05 Å². The largest absolute Gasteiger partial charge is 0.542 e. The Morgan fingerprint density at radius 3 is 2.47 bits per heavy atom. The number of quaternary nitrogens is 1. The molecule has 0 aromatic rings. The molecule has 0 bridgehead atoms. The highest BCUT2D eigenvalue weighted by Crippen LogP contribution is 2.11. The van der Waals surface area contributed by atoms with Gasteiger partial charge in [-0.25, -0.2) is 0 Å². The average molecular weight is 442 g/mol. The third-order valence-electron chi connectivity index (χ3n) is 4.86. The number of alkyl halides is 3. The van der Waals surface area contributed by atoms with Gasteiger partial charge in [-0.15, -0.1) is 0 Å². The first-order valence-corrected chi connectivity index (χ1v) is 10.7. The molecule has 178 valence electrons. The van der Waals surface area contributed by atoms with E-state index in [1.807, 2.05) is 0 Å². The van der Waals surface area contributed by atoms with E-state index in [1.165, 1.54) is 45.2 Å². The Hall–Kier alpha value is -0.915. The summed E-state index contributed by atoms with van der Waals surface area (Å²) in [4.78, 5) is 11.2. The maximum Gasteiger partial charge on any atom is 0.430 e. The van der Waals surface area contributed by atoms with Crippen molar-refractivity contribution < 1.29 is 38.9 Å². The van der Waals surface area contributed by atoms with E-state index in [2.05, 4.69) is 21.2 Å². The monoisotopic (exact) mass is 442 g/mol. The van der Waals surface area contributed by atoms with E-state index in [1.54, 1.807) is 6.82 Å². The molecular formula is C18H38BF3N4O4. The SMILES string of the molecule is CB(O)N[C@H]1CCCNCC1.O=C([O-])C(F)(F)F.[NH3+][C@H]1CCCN(CCCO)CC1. The van der Waals surface area contributed by atoms with Crippen LogP contribution in [0.15, 0.2) is 0 Å². The number of nitrogens with one attached hydrogen (secondary N) is 2. The van der Waals surface area contributed by atoms with Crippen molar-refractivity contribution in [3.63, 3.8) is 0 Å². The quantitative estimate of drug-likeness (QED) is 0.330. The summed E-state index contributed by atoms with van der Waals surface area (Å²) in [7, 11) is -0.363. The van der Waals surface area contributed by atoms with E-state index < -0.39 is 12.1 Å². The van der Waals surface area contributed by atoms with Crippen molar-refractivity contribution in [2.24, 2.45) is 0 Å². The number of halogens is 3. The summed E-state index contributed by atoms with van der Waals surface area (Å²) >= 11 is 0. The molecule has 2 aliphatic rings. The van der Waals surface area contributed by atoms with Gasteiger partial charge >= 0.3 is 13.2 Å². The molecule has 2 heterocycles. The summed E-state index contributed by atoms with van der Waals surface area (Å²) in [5, 5.41) is 33.0. The Labute approximate surface area is 177 Å². The second-order valence-corrected chi connectivity index (χ2v) is 7.72. The molecule has 0 aromatic heterocycles. The van der Waals surface area contributed by atoms with Crippen LogP contribution in [0.5, 0.6) is 0 Å². The molecule has 0 radical (unpaired) electrons. The molecule has 0 spiro atoms. The number of likely N-dealkylation sites (tertiary alicyclic amines) is 1. The molecule has 2 rings (SSSR count). The number of carbonyl (C=O) groups excluding carboxylic acids is 1. The van der Waals surface area contributed by atoms with Crippen molar-refractivity contribution >= 4 is 13.0 Å². The molecule has 0 unspecified atom stereocenters. The van der Waals surface area contributed by atoms with Gasteiger partial charge in [0.2, 0.25) is 0 Å². The third kappa shape index (κ3) is 16.8. The number of aliphatic hydroxyl groups excluding tert-OH is 1. The van der Waals surface area contributed by atoms with Crippen LogP contribution in [-0.2, 0) is 4.79 Å². The molecule has 30 heavy (non-hydrogen) atoms. The van der Waals surface area contributed by atoms with Crippen molar-refractivity contribution in [3.05, 3.63) is 0 Å². The van der Waals surface area contributed by atoms with Gasteiger partial charge in [-0.05, 0) is 64.6 Å². The van der Waals surface area contributed by atoms with Crippen LogP contribution in [0.3, 0.4) is 0 Å². The van der Waals surface area contributed by atoms with Gasteiger partial charge in [0.1, 0.15) is 5.97 Å². The number of nitrogens with zero attached hydrogens (tertiary/aromatic N) is 1. The minimum absolute atomic E-state index is 0.324. The summed E-state index contributed by atoms with van der Waals surface area (Å²) in [6.07, 6.45) is 3.02. The molecule has 2 atom stereocenters. The Balaban J connectivity index is 0.000000437. The highest BCUT2D eigenvalue weighted by atomic mass is 19.4. The standard InChI is InChI=1S/C9H20N2O.C7H17BN2O.C2HF3O2/c10-9-3-1-5-11(7-4-9)6-2-8-12;1-8(11)10-7-3-2-5-9-6-4-7;3-2(4,5)1(6)7/h9,12H,1-8,10H2;7,9-11H,2-6H2,1H3;(H,6,7)/t9-;7-;/m00./s1. The van der Waals surface area contributed by atoms with E-state index in [0.29, 0.717) is 18.7 Å². The zero-order valence-corrected chi connectivity index (χ0v) is 17.9. The van der Waals surface area contributed by atoms with Gasteiger partial charge in [0.25, 0.3) is 0 Å². The minimum atomic E-state index is -5.19. The molecule has 7 N–H and O–H groups in total. The fourth-order valence-corrected chi connectivity index (χ4v) is 3.27. The lowest BCUT2D eigenvalue weighted by atomic mass is 9.86. The molecule has 0 aliphatic carbocycles. The summed E-state index contributed by atoms with van der Waals surface area (Å²) in [5.41, 5.74) is 4.10. The maximum absolute atomic E-state index is 10.5. The minimum Gasteiger partial charge on any atom is -0.542 e. The average Bonchev–Trinajstić information content (AvgIpc) is 3.02. The summed E-state index contributed by atoms with van der Waals surface area (Å²) in [6, 6.07) is 1.16. The van der Waals surface area contributed by atoms with Crippen LogP contribution in [0.1, 0.15) is 44.9 Å². The fourth-order valence-electron chi connectivity index (χ4n) is 3.27. The number of carboxylic acid groups (broad SMARTS) is 1. The zero-order chi connectivity index (χ0) is 23.0. The topological polar surface area (TPSA) is 136 Å². The Kier molecular flexibility index (Phi) is 16.2. The van der Waals surface area contributed by atoms with Gasteiger partial charge in [-0.3, -0.25) is 0 Å². The summed E-state index contributed by atoms with van der Waals surface area (Å²) < 4.78 is 31.5. The predicted molar refractivity (Wildman–Crippen MR) is 107 cm³/mol. The number of aliphatic hydroxyl groups is 1. The van der Waals surface area contributed by atoms with E-state index >= 15 is 0 Å². The molecule has 12 heteroatoms. The predicted octanol–water partition coefficient (Wildman–Crippen LogP) is -1.41. The normalized spacial score (nSPS) is 23.0. The highest BCUT2D eigenvalue weighted by Gasteiger charge is 2.28. The number of carbonyl (C=O) groups is 1. The summed E-state index contributed by atoms with van der Waals surface area (Å²) in [5.74, 6) is -3.01. The van der Waals surface area contributed by atoms with Crippen LogP contribution < -0.4 is 21.4 Å². The molecule has 2 fully saturated rings. The maximum atomic E-state index is 10.5. The lowest BCUT2D eigenvalue weighted by Crippen LogP contribution is -2.60. The van der Waals surface area contributed by atoms with Crippen LogP contribution in [0, 0.1) is 0 Å². The second kappa shape index (κ2) is 16.7. The first kappa shape index (κ1) is 29.1. The molecule has 2 saturated heterocycles. The number of aliphatic carboxylic acids is 1. The molecule has 8 nitrogen and oxygen atoms in total. The lowest BCUT2D eigenvalue weighted by molar-refractivity contribution is -0.421. The number of hydrogen-bond donors (Lipinski definition) is 5. The van der Waals surface area contributed by atoms with E-state index in [0.717, 1.165) is 32.5 Å². The number of rotatable bonds is 5. The lowest BCUT2D eigenvalue weighted by Gasteiger charge is -2.18. The van der Waals surface area contributed by atoms with E-state index in [4.69, 9.17) is 20.0 Å². The van der Waals surface area contributed by atoms with Gasteiger partial charge in [0.15, 0.2) is 0 Å². The Morgan fingerprint density at radius 1 is 1.23 bits per heavy atom. The fraction of sp³-hybridized carbons (Fsp3) is 0.944. The van der Waals surface area contributed by atoms with Gasteiger partial charge in [0, 0.05) is 32.5 Å². The van der Waals surface area contributed by atoms with Crippen LogP contribution >= 0.6 is 0 Å². The Morgan fingerprint density at radius 2 is 1.90 bits per heavy atom. The van der Waals surface area contributed by atoms with Gasteiger partial charge < -0.3 is 41.2 Å². The van der Waals surface area contributed by atoms with Crippen molar-refractivity contribution in [1.82, 2.24) is 15.4 Å². The smallest absolute Gasteiger partial charge is 0.430 e. The zero-order valence-electron chi connectivity index (χ0n) is 17.9. The Bertz CT molecular complexity index is 438. The second-order valence-electron chi connectivity index (χ2n) is 7.72. The molecule has 0 amide bonds. The van der Waals surface area contributed by atoms with Gasteiger partial charge in [-0.1, -0.05) is 0 Å². The molecule has 2 aliphatic heterocycles. The van der Waals surface area contributed by atoms with Crippen molar-refractivity contribution in [1.29, 1.82) is 0 Å².